The largest absolute Gasteiger partial charge is 0.489 e. The van der Waals surface area contributed by atoms with Crippen molar-refractivity contribution in [2.45, 2.75) is 45.6 Å². The first-order chi connectivity index (χ1) is 9.66. The van der Waals surface area contributed by atoms with E-state index in [0.717, 1.165) is 24.3 Å². The average Bonchev–Trinajstić information content (AvgIpc) is 2.85. The fourth-order valence-corrected chi connectivity index (χ4v) is 2.78. The SMILES string of the molecule is CC(C)Oc1cccc(-n2cnc3c2CCCC3)c1N. The Balaban J connectivity index is 2.04. The molecule has 106 valence electrons. The summed E-state index contributed by atoms with van der Waals surface area (Å²) in [5.41, 5.74) is 10.5. The molecule has 0 fully saturated rings. The van der Waals surface area contributed by atoms with Crippen LogP contribution in [0.3, 0.4) is 0 Å². The average molecular weight is 271 g/mol. The zero-order chi connectivity index (χ0) is 14.1. The van der Waals surface area contributed by atoms with Gasteiger partial charge in [0.15, 0.2) is 0 Å². The van der Waals surface area contributed by atoms with E-state index >= 15 is 0 Å². The Hall–Kier alpha value is -1.97. The highest BCUT2D eigenvalue weighted by Crippen LogP contribution is 2.31. The Bertz CT molecular complexity index is 616. The number of nitrogen functional groups attached to an aromatic ring is 1. The van der Waals surface area contributed by atoms with Crippen LogP contribution in [0.1, 0.15) is 38.1 Å². The number of nitrogens with zero attached hydrogens (tertiary/aromatic N) is 2. The number of aryl methyl sites for hydroxylation is 1. The number of nitrogens with two attached hydrogens (primary N) is 1. The summed E-state index contributed by atoms with van der Waals surface area (Å²) in [4.78, 5) is 4.53. The fraction of sp³-hybridized carbons (Fsp3) is 0.438. The lowest BCUT2D eigenvalue weighted by Crippen LogP contribution is -2.11. The number of benzene rings is 1. The molecule has 4 heteroatoms. The van der Waals surface area contributed by atoms with Crippen LogP contribution in [-0.2, 0) is 12.8 Å². The molecule has 1 aliphatic rings. The number of hydrogen-bond acceptors (Lipinski definition) is 3. The topological polar surface area (TPSA) is 53.1 Å². The van der Waals surface area contributed by atoms with Crippen LogP contribution in [0.2, 0.25) is 0 Å². The second-order valence-corrected chi connectivity index (χ2v) is 5.57. The predicted molar refractivity (Wildman–Crippen MR) is 80.4 cm³/mol. The maximum Gasteiger partial charge on any atom is 0.144 e. The van der Waals surface area contributed by atoms with Crippen LogP contribution in [-0.4, -0.2) is 15.7 Å². The van der Waals surface area contributed by atoms with Crippen LogP contribution >= 0.6 is 0 Å². The van der Waals surface area contributed by atoms with E-state index in [2.05, 4.69) is 9.55 Å². The van der Waals surface area contributed by atoms with E-state index in [0.29, 0.717) is 5.69 Å². The van der Waals surface area contributed by atoms with Crippen LogP contribution in [0.5, 0.6) is 5.75 Å². The number of anilines is 1. The van der Waals surface area contributed by atoms with Crippen LogP contribution < -0.4 is 10.5 Å². The van der Waals surface area contributed by atoms with Gasteiger partial charge >= 0.3 is 0 Å². The summed E-state index contributed by atoms with van der Waals surface area (Å²) >= 11 is 0. The number of rotatable bonds is 3. The van der Waals surface area contributed by atoms with E-state index in [9.17, 15) is 0 Å². The molecule has 4 nitrogen and oxygen atoms in total. The normalized spacial score (nSPS) is 14.3. The first kappa shape index (κ1) is 13.0. The summed E-state index contributed by atoms with van der Waals surface area (Å²) in [7, 11) is 0. The summed E-state index contributed by atoms with van der Waals surface area (Å²) in [6, 6.07) is 5.93. The van der Waals surface area contributed by atoms with Crippen LogP contribution in [0.15, 0.2) is 24.5 Å². The molecular formula is C16H21N3O. The molecule has 0 bridgehead atoms. The lowest BCUT2D eigenvalue weighted by molar-refractivity contribution is 0.244. The Kier molecular flexibility index (Phi) is 3.38. The summed E-state index contributed by atoms with van der Waals surface area (Å²) in [6.45, 7) is 4.01. The minimum atomic E-state index is 0.115. The predicted octanol–water partition coefficient (Wildman–Crippen LogP) is 3.12. The van der Waals surface area contributed by atoms with E-state index in [1.54, 1.807) is 0 Å². The third-order valence-corrected chi connectivity index (χ3v) is 3.70. The number of fused-ring (bicyclic) bond motifs is 1. The number of hydrogen-bond donors (Lipinski definition) is 1. The van der Waals surface area contributed by atoms with Crippen molar-refractivity contribution in [2.75, 3.05) is 5.73 Å². The third kappa shape index (κ3) is 2.26. The highest BCUT2D eigenvalue weighted by Gasteiger charge is 2.18. The molecule has 1 aromatic heterocycles. The molecule has 0 atom stereocenters. The van der Waals surface area contributed by atoms with Gasteiger partial charge in [0, 0.05) is 5.69 Å². The van der Waals surface area contributed by atoms with Crippen molar-refractivity contribution in [3.63, 3.8) is 0 Å². The molecule has 20 heavy (non-hydrogen) atoms. The maximum atomic E-state index is 6.28. The minimum absolute atomic E-state index is 0.115. The van der Waals surface area contributed by atoms with E-state index in [1.807, 2.05) is 38.4 Å². The smallest absolute Gasteiger partial charge is 0.144 e. The monoisotopic (exact) mass is 271 g/mol. The molecule has 0 saturated carbocycles. The second-order valence-electron chi connectivity index (χ2n) is 5.57. The van der Waals surface area contributed by atoms with Crippen molar-refractivity contribution in [3.8, 4) is 11.4 Å². The first-order valence-corrected chi connectivity index (χ1v) is 7.27. The van der Waals surface area contributed by atoms with Gasteiger partial charge in [-0.3, -0.25) is 0 Å². The fourth-order valence-electron chi connectivity index (χ4n) is 2.78. The highest BCUT2D eigenvalue weighted by atomic mass is 16.5. The van der Waals surface area contributed by atoms with Crippen molar-refractivity contribution >= 4 is 5.69 Å². The van der Waals surface area contributed by atoms with Gasteiger partial charge < -0.3 is 15.0 Å². The van der Waals surface area contributed by atoms with Crippen LogP contribution in [0, 0.1) is 0 Å². The van der Waals surface area contributed by atoms with Gasteiger partial charge in [-0.25, -0.2) is 4.98 Å². The van der Waals surface area contributed by atoms with Crippen molar-refractivity contribution < 1.29 is 4.74 Å². The van der Waals surface area contributed by atoms with E-state index in [1.165, 1.54) is 24.2 Å². The van der Waals surface area contributed by atoms with Crippen LogP contribution in [0.25, 0.3) is 5.69 Å². The zero-order valence-corrected chi connectivity index (χ0v) is 12.1. The van der Waals surface area contributed by atoms with Gasteiger partial charge in [-0.05, 0) is 51.7 Å². The lowest BCUT2D eigenvalue weighted by atomic mass is 10.0. The maximum absolute atomic E-state index is 6.28. The molecule has 3 rings (SSSR count). The summed E-state index contributed by atoms with van der Waals surface area (Å²) < 4.78 is 7.89. The van der Waals surface area contributed by atoms with Gasteiger partial charge in [0.05, 0.1) is 29.5 Å². The third-order valence-electron chi connectivity index (χ3n) is 3.70. The molecule has 0 spiro atoms. The molecule has 1 aromatic carbocycles. The van der Waals surface area contributed by atoms with Gasteiger partial charge in [0.25, 0.3) is 0 Å². The molecule has 2 N–H and O–H groups in total. The molecule has 1 aliphatic carbocycles. The molecule has 0 radical (unpaired) electrons. The molecule has 0 saturated heterocycles. The van der Waals surface area contributed by atoms with Crippen molar-refractivity contribution in [3.05, 3.63) is 35.9 Å². The molecule has 2 aromatic rings. The Morgan fingerprint density at radius 2 is 2.05 bits per heavy atom. The van der Waals surface area contributed by atoms with Crippen molar-refractivity contribution in [1.29, 1.82) is 0 Å². The number of para-hydroxylation sites is 1. The molecular weight excluding hydrogens is 250 g/mol. The van der Waals surface area contributed by atoms with Crippen LogP contribution in [0.4, 0.5) is 5.69 Å². The quantitative estimate of drug-likeness (QED) is 0.873. The minimum Gasteiger partial charge on any atom is -0.489 e. The summed E-state index contributed by atoms with van der Waals surface area (Å²) in [6.07, 6.45) is 6.61. The van der Waals surface area contributed by atoms with E-state index < -0.39 is 0 Å². The van der Waals surface area contributed by atoms with Gasteiger partial charge in [-0.1, -0.05) is 6.07 Å². The number of aromatic nitrogens is 2. The number of imidazole rings is 1. The molecule has 0 unspecified atom stereocenters. The standard InChI is InChI=1S/C16H21N3O/c1-11(2)20-15-9-5-8-14(16(15)17)19-10-18-12-6-3-4-7-13(12)19/h5,8-11H,3-4,6-7,17H2,1-2H3. The second kappa shape index (κ2) is 5.19. The summed E-state index contributed by atoms with van der Waals surface area (Å²) in [5.74, 6) is 0.746. The molecule has 0 aliphatic heterocycles. The summed E-state index contributed by atoms with van der Waals surface area (Å²) in [5, 5.41) is 0. The molecule has 0 amide bonds. The number of ether oxygens (including phenoxy) is 1. The van der Waals surface area contributed by atoms with Gasteiger partial charge in [0.1, 0.15) is 5.75 Å². The Morgan fingerprint density at radius 1 is 1.25 bits per heavy atom. The van der Waals surface area contributed by atoms with Crippen molar-refractivity contribution in [2.24, 2.45) is 0 Å². The van der Waals surface area contributed by atoms with Gasteiger partial charge in [0.2, 0.25) is 0 Å². The Morgan fingerprint density at radius 3 is 2.85 bits per heavy atom. The lowest BCUT2D eigenvalue weighted by Gasteiger charge is -2.18. The Labute approximate surface area is 119 Å². The molecule has 1 heterocycles. The highest BCUT2D eigenvalue weighted by molar-refractivity contribution is 5.67. The van der Waals surface area contributed by atoms with Crippen molar-refractivity contribution in [1.82, 2.24) is 9.55 Å². The van der Waals surface area contributed by atoms with E-state index in [-0.39, 0.29) is 6.10 Å². The first-order valence-electron chi connectivity index (χ1n) is 7.27. The zero-order valence-electron chi connectivity index (χ0n) is 12.1. The van der Waals surface area contributed by atoms with Gasteiger partial charge in [-0.15, -0.1) is 0 Å². The van der Waals surface area contributed by atoms with Gasteiger partial charge in [-0.2, -0.15) is 0 Å². The van der Waals surface area contributed by atoms with E-state index in [4.69, 9.17) is 10.5 Å².